The zero-order chi connectivity index (χ0) is 18.1. The number of ether oxygens (including phenoxy) is 1. The van der Waals surface area contributed by atoms with Crippen LogP contribution in [-0.4, -0.2) is 27.8 Å². The second-order valence-electron chi connectivity index (χ2n) is 5.37. The Morgan fingerprint density at radius 1 is 1.20 bits per heavy atom. The Kier molecular flexibility index (Phi) is 4.65. The molecule has 1 unspecified atom stereocenters. The van der Waals surface area contributed by atoms with Crippen molar-refractivity contribution in [3.8, 4) is 0 Å². The monoisotopic (exact) mass is 377 g/mol. The van der Waals surface area contributed by atoms with Gasteiger partial charge in [0.25, 0.3) is 0 Å². The number of anilines is 1. The number of halogens is 2. The number of aromatic nitrogens is 2. The zero-order valence-electron chi connectivity index (χ0n) is 13.0. The third kappa shape index (κ3) is 3.45. The summed E-state index contributed by atoms with van der Waals surface area (Å²) in [6.07, 6.45) is 0.358. The molecule has 0 aliphatic heterocycles. The number of carbonyl (C=O) groups excluding carboxylic acids is 2. The fourth-order valence-electron chi connectivity index (χ4n) is 2.37. The van der Waals surface area contributed by atoms with Gasteiger partial charge in [-0.25, -0.2) is 4.79 Å². The molecule has 2 aromatic heterocycles. The van der Waals surface area contributed by atoms with Crippen molar-refractivity contribution in [3.05, 3.63) is 58.0 Å². The molecule has 0 fully saturated rings. The van der Waals surface area contributed by atoms with E-state index in [1.54, 1.807) is 24.3 Å². The molecule has 8 heteroatoms. The third-order valence-electron chi connectivity index (χ3n) is 3.63. The summed E-state index contributed by atoms with van der Waals surface area (Å²) in [4.78, 5) is 31.5. The van der Waals surface area contributed by atoms with Crippen molar-refractivity contribution in [2.75, 3.05) is 5.73 Å². The Labute approximate surface area is 152 Å². The summed E-state index contributed by atoms with van der Waals surface area (Å²) >= 11 is 11.8. The average Bonchev–Trinajstić information content (AvgIpc) is 2.90. The molecule has 1 aromatic carbocycles. The van der Waals surface area contributed by atoms with Gasteiger partial charge in [-0.15, -0.1) is 0 Å². The van der Waals surface area contributed by atoms with Gasteiger partial charge in [-0.3, -0.25) is 9.78 Å². The van der Waals surface area contributed by atoms with Crippen molar-refractivity contribution >= 4 is 51.5 Å². The van der Waals surface area contributed by atoms with Crippen molar-refractivity contribution < 1.29 is 14.3 Å². The van der Waals surface area contributed by atoms with Crippen LogP contribution >= 0.6 is 23.2 Å². The number of esters is 1. The highest BCUT2D eigenvalue weighted by molar-refractivity contribution is 6.31. The van der Waals surface area contributed by atoms with E-state index in [2.05, 4.69) is 9.97 Å². The molecule has 3 aromatic rings. The highest BCUT2D eigenvalue weighted by Gasteiger charge is 2.24. The molecule has 0 spiro atoms. The highest BCUT2D eigenvalue weighted by Crippen LogP contribution is 2.28. The summed E-state index contributed by atoms with van der Waals surface area (Å²) in [5.41, 5.74) is 7.00. The molecule has 128 valence electrons. The van der Waals surface area contributed by atoms with Crippen LogP contribution in [-0.2, 0) is 4.74 Å². The van der Waals surface area contributed by atoms with Crippen LogP contribution in [0.3, 0.4) is 0 Å². The highest BCUT2D eigenvalue weighted by atomic mass is 35.5. The lowest BCUT2D eigenvalue weighted by Gasteiger charge is -2.11. The number of aromatic amines is 1. The zero-order valence-corrected chi connectivity index (χ0v) is 14.6. The number of carbonyl (C=O) groups is 2. The standard InChI is InChI=1S/C17H13Cl2N3O3/c1-8(16(23)13-7-10(19)4-5-21-13)25-17(24)15-14(20)11-3-2-9(18)6-12(11)22-15/h2-8,22H,20H2,1H3. The lowest BCUT2D eigenvalue weighted by molar-refractivity contribution is 0.0313. The Morgan fingerprint density at radius 2 is 1.92 bits per heavy atom. The first-order valence-corrected chi connectivity index (χ1v) is 8.06. The van der Waals surface area contributed by atoms with Crippen molar-refractivity contribution in [3.63, 3.8) is 0 Å². The lowest BCUT2D eigenvalue weighted by Crippen LogP contribution is -2.25. The maximum absolute atomic E-state index is 12.4. The minimum Gasteiger partial charge on any atom is -0.449 e. The molecule has 0 aliphatic rings. The normalized spacial score (nSPS) is 12.1. The number of H-pyrrole nitrogens is 1. The molecule has 0 aliphatic carbocycles. The van der Waals surface area contributed by atoms with Gasteiger partial charge < -0.3 is 15.5 Å². The maximum Gasteiger partial charge on any atom is 0.357 e. The van der Waals surface area contributed by atoms with Gasteiger partial charge in [0.1, 0.15) is 11.4 Å². The molecule has 25 heavy (non-hydrogen) atoms. The van der Waals surface area contributed by atoms with Crippen LogP contribution in [0.4, 0.5) is 5.69 Å². The molecule has 0 amide bonds. The molecule has 3 N–H and O–H groups in total. The van der Waals surface area contributed by atoms with Gasteiger partial charge in [0, 0.05) is 27.1 Å². The van der Waals surface area contributed by atoms with Crippen molar-refractivity contribution in [2.45, 2.75) is 13.0 Å². The molecule has 2 heterocycles. The lowest BCUT2D eigenvalue weighted by atomic mass is 10.1. The summed E-state index contributed by atoms with van der Waals surface area (Å²) in [6, 6.07) is 7.97. The van der Waals surface area contributed by atoms with Crippen molar-refractivity contribution in [2.24, 2.45) is 0 Å². The van der Waals surface area contributed by atoms with Gasteiger partial charge in [-0.2, -0.15) is 0 Å². The number of nitrogens with one attached hydrogen (secondary N) is 1. The topological polar surface area (TPSA) is 98.1 Å². The Balaban J connectivity index is 1.82. The van der Waals surface area contributed by atoms with Crippen LogP contribution in [0.25, 0.3) is 10.9 Å². The first kappa shape index (κ1) is 17.3. The van der Waals surface area contributed by atoms with Crippen LogP contribution in [0, 0.1) is 0 Å². The van der Waals surface area contributed by atoms with Gasteiger partial charge >= 0.3 is 5.97 Å². The Bertz CT molecular complexity index is 984. The maximum atomic E-state index is 12.4. The Hall–Kier alpha value is -2.57. The second kappa shape index (κ2) is 6.74. The summed E-state index contributed by atoms with van der Waals surface area (Å²) in [5, 5.41) is 1.52. The van der Waals surface area contributed by atoms with E-state index in [0.717, 1.165) is 0 Å². The number of nitrogens with zero attached hydrogens (tertiary/aromatic N) is 1. The molecule has 0 saturated carbocycles. The van der Waals surface area contributed by atoms with Crippen LogP contribution in [0.1, 0.15) is 27.9 Å². The summed E-state index contributed by atoms with van der Waals surface area (Å²) in [5.74, 6) is -1.21. The minimum atomic E-state index is -1.05. The summed E-state index contributed by atoms with van der Waals surface area (Å²) in [7, 11) is 0. The quantitative estimate of drug-likeness (QED) is 0.530. The molecule has 0 saturated heterocycles. The van der Waals surface area contributed by atoms with E-state index in [1.165, 1.54) is 19.2 Å². The van der Waals surface area contributed by atoms with Gasteiger partial charge in [0.05, 0.1) is 5.69 Å². The number of hydrogen-bond acceptors (Lipinski definition) is 5. The number of nitrogen functional groups attached to an aromatic ring is 1. The number of rotatable bonds is 4. The van der Waals surface area contributed by atoms with Crippen molar-refractivity contribution in [1.29, 1.82) is 0 Å². The van der Waals surface area contributed by atoms with Crippen molar-refractivity contribution in [1.82, 2.24) is 9.97 Å². The number of pyridine rings is 1. The third-order valence-corrected chi connectivity index (χ3v) is 4.10. The van der Waals surface area contributed by atoms with E-state index in [4.69, 9.17) is 33.7 Å². The summed E-state index contributed by atoms with van der Waals surface area (Å²) in [6.45, 7) is 1.46. The number of Topliss-reactive ketones (excluding diaryl/α,β-unsaturated/α-hetero) is 1. The predicted molar refractivity (Wildman–Crippen MR) is 96.2 cm³/mol. The number of nitrogens with two attached hydrogens (primary N) is 1. The fourth-order valence-corrected chi connectivity index (χ4v) is 2.70. The Morgan fingerprint density at radius 3 is 2.64 bits per heavy atom. The number of fused-ring (bicyclic) bond motifs is 1. The molecule has 3 rings (SSSR count). The first-order chi connectivity index (χ1) is 11.9. The largest absolute Gasteiger partial charge is 0.449 e. The molecule has 0 bridgehead atoms. The van der Waals surface area contributed by atoms with Gasteiger partial charge in [-0.05, 0) is 37.3 Å². The van der Waals surface area contributed by atoms with E-state index in [0.29, 0.717) is 20.9 Å². The average molecular weight is 378 g/mol. The first-order valence-electron chi connectivity index (χ1n) is 7.30. The van der Waals surface area contributed by atoms with Crippen LogP contribution in [0.5, 0.6) is 0 Å². The van der Waals surface area contributed by atoms with Crippen LogP contribution in [0.2, 0.25) is 10.0 Å². The smallest absolute Gasteiger partial charge is 0.357 e. The predicted octanol–water partition coefficient (Wildman–Crippen LogP) is 3.88. The van der Waals surface area contributed by atoms with E-state index in [9.17, 15) is 9.59 Å². The molecule has 0 radical (unpaired) electrons. The van der Waals surface area contributed by atoms with E-state index >= 15 is 0 Å². The number of ketones is 1. The van der Waals surface area contributed by atoms with Gasteiger partial charge in [0.15, 0.2) is 6.10 Å². The van der Waals surface area contributed by atoms with E-state index in [1.807, 2.05) is 0 Å². The number of hydrogen-bond donors (Lipinski definition) is 2. The fraction of sp³-hybridized carbons (Fsp3) is 0.118. The van der Waals surface area contributed by atoms with E-state index in [-0.39, 0.29) is 17.1 Å². The van der Waals surface area contributed by atoms with Gasteiger partial charge in [-0.1, -0.05) is 23.2 Å². The minimum absolute atomic E-state index is 0.0657. The SMILES string of the molecule is CC(OC(=O)c1[nH]c2cc(Cl)ccc2c1N)C(=O)c1cc(Cl)ccn1. The number of benzene rings is 1. The molecule has 1 atom stereocenters. The van der Waals surface area contributed by atoms with Crippen LogP contribution < -0.4 is 5.73 Å². The molecular formula is C17H13Cl2N3O3. The van der Waals surface area contributed by atoms with Crippen LogP contribution in [0.15, 0.2) is 36.5 Å². The molecule has 6 nitrogen and oxygen atoms in total. The summed E-state index contributed by atoms with van der Waals surface area (Å²) < 4.78 is 5.22. The van der Waals surface area contributed by atoms with E-state index < -0.39 is 17.9 Å². The van der Waals surface area contributed by atoms with Gasteiger partial charge in [0.2, 0.25) is 5.78 Å². The molecular weight excluding hydrogens is 365 g/mol. The second-order valence-corrected chi connectivity index (χ2v) is 6.25.